The molecule has 20 heavy (non-hydrogen) atoms. The summed E-state index contributed by atoms with van der Waals surface area (Å²) < 4.78 is 0. The number of unbranched alkanes of at least 4 members (excludes halogenated alkanes) is 1. The summed E-state index contributed by atoms with van der Waals surface area (Å²) in [6, 6.07) is -0.749. The van der Waals surface area contributed by atoms with Crippen molar-refractivity contribution < 1.29 is 14.7 Å². The molecule has 5 nitrogen and oxygen atoms in total. The van der Waals surface area contributed by atoms with E-state index in [2.05, 4.69) is 12.2 Å². The largest absolute Gasteiger partial charge is 0.480 e. The van der Waals surface area contributed by atoms with Gasteiger partial charge in [-0.05, 0) is 31.7 Å². The van der Waals surface area contributed by atoms with E-state index in [-0.39, 0.29) is 5.91 Å². The summed E-state index contributed by atoms with van der Waals surface area (Å²) in [4.78, 5) is 22.9. The Labute approximate surface area is 122 Å². The molecule has 2 unspecified atom stereocenters. The monoisotopic (exact) mass is 286 g/mol. The molecule has 118 valence electrons. The first-order valence-electron chi connectivity index (χ1n) is 7.77. The molecule has 0 heterocycles. The van der Waals surface area contributed by atoms with Crippen LogP contribution in [-0.4, -0.2) is 29.6 Å². The van der Waals surface area contributed by atoms with Gasteiger partial charge in [0.2, 0.25) is 5.91 Å². The van der Waals surface area contributed by atoms with Crippen LogP contribution in [0.1, 0.15) is 65.2 Å². The van der Waals surface area contributed by atoms with E-state index in [0.717, 1.165) is 38.5 Å². The molecule has 0 radical (unpaired) electrons. The third-order valence-corrected chi connectivity index (χ3v) is 3.53. The summed E-state index contributed by atoms with van der Waals surface area (Å²) in [5, 5.41) is 11.7. The van der Waals surface area contributed by atoms with Gasteiger partial charge in [-0.15, -0.1) is 0 Å². The van der Waals surface area contributed by atoms with E-state index >= 15 is 0 Å². The van der Waals surface area contributed by atoms with Crippen molar-refractivity contribution >= 4 is 11.9 Å². The van der Waals surface area contributed by atoms with Gasteiger partial charge in [0.15, 0.2) is 0 Å². The first-order chi connectivity index (χ1) is 9.54. The van der Waals surface area contributed by atoms with Crippen molar-refractivity contribution in [2.45, 2.75) is 71.3 Å². The number of nitrogens with one attached hydrogen (secondary N) is 1. The highest BCUT2D eigenvalue weighted by atomic mass is 16.4. The summed E-state index contributed by atoms with van der Waals surface area (Å²) >= 11 is 0. The van der Waals surface area contributed by atoms with Crippen molar-refractivity contribution in [1.82, 2.24) is 5.32 Å². The van der Waals surface area contributed by atoms with Crippen LogP contribution in [0.4, 0.5) is 0 Å². The predicted molar refractivity (Wildman–Crippen MR) is 80.4 cm³/mol. The summed E-state index contributed by atoms with van der Waals surface area (Å²) in [5.74, 6) is -0.639. The van der Waals surface area contributed by atoms with Gasteiger partial charge in [-0.25, -0.2) is 4.79 Å². The predicted octanol–water partition coefficient (Wildman–Crippen LogP) is 2.29. The lowest BCUT2D eigenvalue weighted by Crippen LogP contribution is -2.40. The summed E-state index contributed by atoms with van der Waals surface area (Å²) in [6.07, 6.45) is 6.50. The molecule has 0 rings (SSSR count). The molecule has 0 aromatic rings. The molecule has 0 aromatic heterocycles. The zero-order valence-electron chi connectivity index (χ0n) is 12.9. The molecule has 2 atom stereocenters. The van der Waals surface area contributed by atoms with Gasteiger partial charge in [-0.1, -0.05) is 39.5 Å². The van der Waals surface area contributed by atoms with E-state index in [1.54, 1.807) is 0 Å². The quantitative estimate of drug-likeness (QED) is 0.513. The van der Waals surface area contributed by atoms with Crippen molar-refractivity contribution in [1.29, 1.82) is 0 Å². The van der Waals surface area contributed by atoms with E-state index in [0.29, 0.717) is 25.3 Å². The molecule has 0 saturated heterocycles. The molecule has 0 bridgehead atoms. The van der Waals surface area contributed by atoms with E-state index in [1.165, 1.54) is 0 Å². The molecule has 1 amide bonds. The zero-order valence-corrected chi connectivity index (χ0v) is 12.9. The number of rotatable bonds is 12. The highest BCUT2D eigenvalue weighted by Gasteiger charge is 2.19. The second-order valence-electron chi connectivity index (χ2n) is 5.37. The standard InChI is InChI=1S/C15H30N2O3/c1-3-5-7-13(15(19)20)17-14(18)9-8-12(6-4-2)10-11-16/h12-13H,3-11,16H2,1-2H3,(H,17,18)(H,19,20). The highest BCUT2D eigenvalue weighted by molar-refractivity contribution is 5.83. The Morgan fingerprint density at radius 1 is 1.10 bits per heavy atom. The van der Waals surface area contributed by atoms with Gasteiger partial charge < -0.3 is 16.2 Å². The maximum Gasteiger partial charge on any atom is 0.326 e. The van der Waals surface area contributed by atoms with Gasteiger partial charge in [0.25, 0.3) is 0 Å². The van der Waals surface area contributed by atoms with Crippen LogP contribution in [0.5, 0.6) is 0 Å². The van der Waals surface area contributed by atoms with E-state index in [9.17, 15) is 9.59 Å². The molecule has 4 N–H and O–H groups in total. The Kier molecular flexibility index (Phi) is 11.1. The fourth-order valence-corrected chi connectivity index (χ4v) is 2.34. The average molecular weight is 286 g/mol. The lowest BCUT2D eigenvalue weighted by atomic mass is 9.94. The number of carboxylic acids is 1. The van der Waals surface area contributed by atoms with Gasteiger partial charge in [-0.2, -0.15) is 0 Å². The molecule has 0 saturated carbocycles. The van der Waals surface area contributed by atoms with E-state index in [1.807, 2.05) is 6.92 Å². The number of amides is 1. The van der Waals surface area contributed by atoms with Gasteiger partial charge in [0, 0.05) is 6.42 Å². The topological polar surface area (TPSA) is 92.4 Å². The van der Waals surface area contributed by atoms with Gasteiger partial charge >= 0.3 is 5.97 Å². The summed E-state index contributed by atoms with van der Waals surface area (Å²) in [5.41, 5.74) is 5.56. The smallest absolute Gasteiger partial charge is 0.326 e. The SMILES string of the molecule is CCCCC(NC(=O)CCC(CCC)CCN)C(=O)O. The zero-order chi connectivity index (χ0) is 15.4. The van der Waals surface area contributed by atoms with Gasteiger partial charge in [-0.3, -0.25) is 4.79 Å². The molecule has 0 aliphatic heterocycles. The number of carbonyl (C=O) groups excluding carboxylic acids is 1. The minimum absolute atomic E-state index is 0.161. The summed E-state index contributed by atoms with van der Waals surface area (Å²) in [6.45, 7) is 4.76. The number of carbonyl (C=O) groups is 2. The van der Waals surface area contributed by atoms with Crippen molar-refractivity contribution in [3.63, 3.8) is 0 Å². The van der Waals surface area contributed by atoms with Crippen molar-refractivity contribution in [2.75, 3.05) is 6.54 Å². The van der Waals surface area contributed by atoms with Crippen molar-refractivity contribution in [2.24, 2.45) is 11.7 Å². The lowest BCUT2D eigenvalue weighted by Gasteiger charge is -2.17. The maximum atomic E-state index is 11.8. The Morgan fingerprint density at radius 2 is 1.80 bits per heavy atom. The Balaban J connectivity index is 4.13. The van der Waals surface area contributed by atoms with Crippen LogP contribution in [0, 0.1) is 5.92 Å². The van der Waals surface area contributed by atoms with Crippen LogP contribution in [0.15, 0.2) is 0 Å². The molecule has 0 spiro atoms. The number of carboxylic acid groups (broad SMARTS) is 1. The summed E-state index contributed by atoms with van der Waals surface area (Å²) in [7, 11) is 0. The third-order valence-electron chi connectivity index (χ3n) is 3.53. The lowest BCUT2D eigenvalue weighted by molar-refractivity contribution is -0.142. The molecule has 0 aliphatic rings. The number of nitrogens with two attached hydrogens (primary N) is 1. The molecule has 0 fully saturated rings. The van der Waals surface area contributed by atoms with Crippen molar-refractivity contribution in [3.05, 3.63) is 0 Å². The molecule has 5 heteroatoms. The Hall–Kier alpha value is -1.10. The van der Waals surface area contributed by atoms with Crippen LogP contribution in [-0.2, 0) is 9.59 Å². The van der Waals surface area contributed by atoms with Crippen molar-refractivity contribution in [3.8, 4) is 0 Å². The molecular formula is C15H30N2O3. The Morgan fingerprint density at radius 3 is 2.30 bits per heavy atom. The molecule has 0 aliphatic carbocycles. The fraction of sp³-hybridized carbons (Fsp3) is 0.867. The third kappa shape index (κ3) is 8.91. The number of aliphatic carboxylic acids is 1. The normalized spacial score (nSPS) is 13.8. The van der Waals surface area contributed by atoms with Crippen LogP contribution >= 0.6 is 0 Å². The average Bonchev–Trinajstić information content (AvgIpc) is 2.41. The first-order valence-corrected chi connectivity index (χ1v) is 7.77. The first kappa shape index (κ1) is 18.9. The van der Waals surface area contributed by atoms with Crippen LogP contribution in [0.2, 0.25) is 0 Å². The fourth-order valence-electron chi connectivity index (χ4n) is 2.34. The molecule has 0 aromatic carbocycles. The minimum Gasteiger partial charge on any atom is -0.480 e. The Bertz CT molecular complexity index is 276. The van der Waals surface area contributed by atoms with Gasteiger partial charge in [0.1, 0.15) is 6.04 Å². The minimum atomic E-state index is -0.945. The van der Waals surface area contributed by atoms with Crippen LogP contribution < -0.4 is 11.1 Å². The maximum absolute atomic E-state index is 11.8. The highest BCUT2D eigenvalue weighted by Crippen LogP contribution is 2.17. The van der Waals surface area contributed by atoms with Crippen LogP contribution in [0.3, 0.4) is 0 Å². The van der Waals surface area contributed by atoms with E-state index < -0.39 is 12.0 Å². The second-order valence-corrected chi connectivity index (χ2v) is 5.37. The van der Waals surface area contributed by atoms with Crippen LogP contribution in [0.25, 0.3) is 0 Å². The second kappa shape index (κ2) is 11.7. The number of hydrogen-bond acceptors (Lipinski definition) is 3. The number of hydrogen-bond donors (Lipinski definition) is 3. The van der Waals surface area contributed by atoms with Gasteiger partial charge in [0.05, 0.1) is 0 Å². The molecular weight excluding hydrogens is 256 g/mol. The van der Waals surface area contributed by atoms with E-state index in [4.69, 9.17) is 10.8 Å².